The fourth-order valence-electron chi connectivity index (χ4n) is 1.55. The van der Waals surface area contributed by atoms with Crippen LogP contribution in [0.25, 0.3) is 0 Å². The summed E-state index contributed by atoms with van der Waals surface area (Å²) < 4.78 is 0. The molecule has 0 heterocycles. The van der Waals surface area contributed by atoms with Crippen molar-refractivity contribution in [2.24, 2.45) is 0 Å². The number of thioether (sulfide) groups is 1. The molecule has 0 aliphatic heterocycles. The Bertz CT molecular complexity index is 339. The maximum atomic E-state index is 11.5. The van der Waals surface area contributed by atoms with Crippen LogP contribution in [-0.2, 0) is 11.2 Å². The van der Waals surface area contributed by atoms with Crippen LogP contribution in [0.1, 0.15) is 18.9 Å². The number of aliphatic hydroxyl groups excluding tert-OH is 1. The highest BCUT2D eigenvalue weighted by Gasteiger charge is 2.08. The molecule has 1 aromatic rings. The van der Waals surface area contributed by atoms with Crippen molar-refractivity contribution in [3.05, 3.63) is 35.9 Å². The Morgan fingerprint density at radius 3 is 2.72 bits per heavy atom. The van der Waals surface area contributed by atoms with Crippen molar-refractivity contribution >= 4 is 17.7 Å². The van der Waals surface area contributed by atoms with E-state index in [0.29, 0.717) is 5.75 Å². The SMILES string of the molecule is CC[C@@H](CO)NC(=O)CSCCc1ccccc1. The maximum absolute atomic E-state index is 11.5. The summed E-state index contributed by atoms with van der Waals surface area (Å²) in [6, 6.07) is 10.1. The van der Waals surface area contributed by atoms with E-state index in [-0.39, 0.29) is 18.6 Å². The first-order valence-electron chi connectivity index (χ1n) is 6.28. The van der Waals surface area contributed by atoms with Crippen LogP contribution < -0.4 is 5.32 Å². The van der Waals surface area contributed by atoms with Crippen molar-refractivity contribution in [2.45, 2.75) is 25.8 Å². The molecule has 4 heteroatoms. The van der Waals surface area contributed by atoms with E-state index >= 15 is 0 Å². The van der Waals surface area contributed by atoms with Crippen LogP contribution in [0.15, 0.2) is 30.3 Å². The number of carbonyl (C=O) groups is 1. The first-order chi connectivity index (χ1) is 8.76. The normalized spacial score (nSPS) is 12.1. The Kier molecular flexibility index (Phi) is 7.53. The van der Waals surface area contributed by atoms with Gasteiger partial charge in [0.05, 0.1) is 18.4 Å². The number of hydrogen-bond donors (Lipinski definition) is 2. The van der Waals surface area contributed by atoms with Gasteiger partial charge in [-0.1, -0.05) is 37.3 Å². The number of nitrogens with one attached hydrogen (secondary N) is 1. The Hall–Kier alpha value is -1.00. The lowest BCUT2D eigenvalue weighted by molar-refractivity contribution is -0.119. The third-order valence-corrected chi connectivity index (χ3v) is 3.65. The first-order valence-corrected chi connectivity index (χ1v) is 7.43. The van der Waals surface area contributed by atoms with E-state index in [9.17, 15) is 4.79 Å². The molecule has 1 aromatic carbocycles. The lowest BCUT2D eigenvalue weighted by Crippen LogP contribution is -2.38. The van der Waals surface area contributed by atoms with Crippen LogP contribution in [-0.4, -0.2) is 35.2 Å². The molecule has 0 saturated carbocycles. The number of carbonyl (C=O) groups excluding carboxylic acids is 1. The summed E-state index contributed by atoms with van der Waals surface area (Å²) >= 11 is 1.63. The third kappa shape index (κ3) is 6.07. The van der Waals surface area contributed by atoms with Gasteiger partial charge in [0.15, 0.2) is 0 Å². The lowest BCUT2D eigenvalue weighted by atomic mass is 10.2. The van der Waals surface area contributed by atoms with E-state index in [1.165, 1.54) is 5.56 Å². The predicted molar refractivity (Wildman–Crippen MR) is 76.8 cm³/mol. The molecule has 18 heavy (non-hydrogen) atoms. The minimum atomic E-state index is -0.104. The molecular weight excluding hydrogens is 246 g/mol. The minimum Gasteiger partial charge on any atom is -0.394 e. The van der Waals surface area contributed by atoms with Crippen molar-refractivity contribution in [1.82, 2.24) is 5.32 Å². The van der Waals surface area contributed by atoms with Gasteiger partial charge in [-0.15, -0.1) is 0 Å². The molecule has 0 aliphatic rings. The van der Waals surface area contributed by atoms with Gasteiger partial charge in [0, 0.05) is 0 Å². The Morgan fingerprint density at radius 1 is 1.39 bits per heavy atom. The summed E-state index contributed by atoms with van der Waals surface area (Å²) in [4.78, 5) is 11.5. The number of amides is 1. The molecule has 0 radical (unpaired) electrons. The highest BCUT2D eigenvalue weighted by atomic mass is 32.2. The molecule has 3 nitrogen and oxygen atoms in total. The summed E-state index contributed by atoms with van der Waals surface area (Å²) in [6.07, 6.45) is 1.74. The van der Waals surface area contributed by atoms with Crippen molar-refractivity contribution < 1.29 is 9.90 Å². The van der Waals surface area contributed by atoms with Crippen molar-refractivity contribution in [3.8, 4) is 0 Å². The number of aliphatic hydroxyl groups is 1. The largest absolute Gasteiger partial charge is 0.394 e. The summed E-state index contributed by atoms with van der Waals surface area (Å²) in [5.41, 5.74) is 1.30. The van der Waals surface area contributed by atoms with Gasteiger partial charge in [-0.05, 0) is 24.2 Å². The number of aryl methyl sites for hydroxylation is 1. The number of benzene rings is 1. The average molecular weight is 267 g/mol. The second-order valence-electron chi connectivity index (χ2n) is 4.14. The molecule has 0 fully saturated rings. The molecule has 1 amide bonds. The van der Waals surface area contributed by atoms with Crippen LogP contribution in [0.5, 0.6) is 0 Å². The average Bonchev–Trinajstić information content (AvgIpc) is 2.42. The Labute approximate surface area is 113 Å². The molecule has 1 atom stereocenters. The quantitative estimate of drug-likeness (QED) is 0.707. The summed E-state index contributed by atoms with van der Waals surface area (Å²) in [5, 5.41) is 11.8. The van der Waals surface area contributed by atoms with Gasteiger partial charge >= 0.3 is 0 Å². The molecule has 0 bridgehead atoms. The number of hydrogen-bond acceptors (Lipinski definition) is 3. The molecule has 0 spiro atoms. The van der Waals surface area contributed by atoms with E-state index in [2.05, 4.69) is 17.4 Å². The molecule has 0 aromatic heterocycles. The third-order valence-electron chi connectivity index (χ3n) is 2.69. The van der Waals surface area contributed by atoms with Crippen molar-refractivity contribution in [2.75, 3.05) is 18.1 Å². The van der Waals surface area contributed by atoms with Crippen molar-refractivity contribution in [3.63, 3.8) is 0 Å². The van der Waals surface area contributed by atoms with Crippen LogP contribution in [0.4, 0.5) is 0 Å². The van der Waals surface area contributed by atoms with Gasteiger partial charge in [0.2, 0.25) is 5.91 Å². The van der Waals surface area contributed by atoms with Gasteiger partial charge in [0.25, 0.3) is 0 Å². The highest BCUT2D eigenvalue weighted by Crippen LogP contribution is 2.06. The zero-order chi connectivity index (χ0) is 13.2. The summed E-state index contributed by atoms with van der Waals surface area (Å²) in [5.74, 6) is 1.41. The first kappa shape index (κ1) is 15.1. The van der Waals surface area contributed by atoms with E-state index in [0.717, 1.165) is 18.6 Å². The molecule has 100 valence electrons. The Morgan fingerprint density at radius 2 is 2.11 bits per heavy atom. The van der Waals surface area contributed by atoms with Gasteiger partial charge in [-0.25, -0.2) is 0 Å². The molecule has 2 N–H and O–H groups in total. The van der Waals surface area contributed by atoms with Gasteiger partial charge < -0.3 is 10.4 Å². The monoisotopic (exact) mass is 267 g/mol. The van der Waals surface area contributed by atoms with E-state index in [1.807, 2.05) is 25.1 Å². The highest BCUT2D eigenvalue weighted by molar-refractivity contribution is 7.99. The van der Waals surface area contributed by atoms with Gasteiger partial charge in [0.1, 0.15) is 0 Å². The second kappa shape index (κ2) is 9.00. The smallest absolute Gasteiger partial charge is 0.230 e. The number of rotatable bonds is 8. The van der Waals surface area contributed by atoms with Crippen LogP contribution in [0.3, 0.4) is 0 Å². The Balaban J connectivity index is 2.12. The fourth-order valence-corrected chi connectivity index (χ4v) is 2.34. The lowest BCUT2D eigenvalue weighted by Gasteiger charge is -2.13. The molecular formula is C14H21NO2S. The topological polar surface area (TPSA) is 49.3 Å². The van der Waals surface area contributed by atoms with E-state index in [4.69, 9.17) is 5.11 Å². The van der Waals surface area contributed by atoms with E-state index < -0.39 is 0 Å². The summed E-state index contributed by atoms with van der Waals surface area (Å²) in [7, 11) is 0. The predicted octanol–water partition coefficient (Wildman–Crippen LogP) is 1.85. The zero-order valence-corrected chi connectivity index (χ0v) is 11.6. The van der Waals surface area contributed by atoms with Crippen molar-refractivity contribution in [1.29, 1.82) is 0 Å². The fraction of sp³-hybridized carbons (Fsp3) is 0.500. The standard InChI is InChI=1S/C14H21NO2S/c1-2-13(10-16)15-14(17)11-18-9-8-12-6-4-3-5-7-12/h3-7,13,16H,2,8-11H2,1H3,(H,15,17)/t13-/m0/s1. The van der Waals surface area contributed by atoms with Gasteiger partial charge in [-0.2, -0.15) is 11.8 Å². The molecule has 1 rings (SSSR count). The van der Waals surface area contributed by atoms with Gasteiger partial charge in [-0.3, -0.25) is 4.79 Å². The molecule has 0 saturated heterocycles. The molecule has 0 unspecified atom stereocenters. The van der Waals surface area contributed by atoms with E-state index in [1.54, 1.807) is 11.8 Å². The van der Waals surface area contributed by atoms with Crippen LogP contribution in [0, 0.1) is 0 Å². The maximum Gasteiger partial charge on any atom is 0.230 e. The molecule has 0 aliphatic carbocycles. The summed E-state index contributed by atoms with van der Waals surface area (Å²) in [6.45, 7) is 1.96. The second-order valence-corrected chi connectivity index (χ2v) is 5.25. The minimum absolute atomic E-state index is 0.00830. The van der Waals surface area contributed by atoms with Crippen LogP contribution in [0.2, 0.25) is 0 Å². The van der Waals surface area contributed by atoms with Crippen LogP contribution >= 0.6 is 11.8 Å². The zero-order valence-electron chi connectivity index (χ0n) is 10.8.